The van der Waals surface area contributed by atoms with E-state index < -0.39 is 0 Å². The summed E-state index contributed by atoms with van der Waals surface area (Å²) < 4.78 is 1.65. The van der Waals surface area contributed by atoms with Crippen LogP contribution >= 0.6 is 0 Å². The van der Waals surface area contributed by atoms with E-state index in [9.17, 15) is 9.59 Å². The van der Waals surface area contributed by atoms with Crippen molar-refractivity contribution in [1.82, 2.24) is 30.0 Å². The molecule has 2 N–H and O–H groups in total. The Labute approximate surface area is 200 Å². The quantitative estimate of drug-likeness (QED) is 0.410. The van der Waals surface area contributed by atoms with Gasteiger partial charge in [0, 0.05) is 41.9 Å². The molecule has 0 aliphatic carbocycles. The van der Waals surface area contributed by atoms with Gasteiger partial charge < -0.3 is 10.6 Å². The van der Waals surface area contributed by atoms with Crippen molar-refractivity contribution in [3.63, 3.8) is 0 Å². The van der Waals surface area contributed by atoms with Gasteiger partial charge in [0.2, 0.25) is 0 Å². The van der Waals surface area contributed by atoms with E-state index in [-0.39, 0.29) is 17.5 Å². The lowest BCUT2D eigenvalue weighted by molar-refractivity contribution is 0.0962. The van der Waals surface area contributed by atoms with Crippen molar-refractivity contribution in [3.05, 3.63) is 96.1 Å². The number of nitrogens with one attached hydrogen (secondary N) is 2. The largest absolute Gasteiger partial charge is 0.355 e. The highest BCUT2D eigenvalue weighted by atomic mass is 16.2. The Bertz CT molecular complexity index is 1560. The number of benzene rings is 2. The normalized spacial score (nSPS) is 10.8. The lowest BCUT2D eigenvalue weighted by Crippen LogP contribution is -2.18. The van der Waals surface area contributed by atoms with Crippen LogP contribution in [0.25, 0.3) is 28.1 Å². The number of amides is 2. The van der Waals surface area contributed by atoms with Crippen molar-refractivity contribution < 1.29 is 9.59 Å². The molecule has 0 bridgehead atoms. The van der Waals surface area contributed by atoms with Crippen molar-refractivity contribution in [2.45, 2.75) is 6.92 Å². The predicted octanol–water partition coefficient (Wildman–Crippen LogP) is 3.80. The number of hydrogen-bond acceptors (Lipinski definition) is 6. The molecule has 5 rings (SSSR count). The zero-order chi connectivity index (χ0) is 24.4. The molecular formula is C26H21N7O2. The fraction of sp³-hybridized carbons (Fsp3) is 0.0769. The second kappa shape index (κ2) is 9.14. The van der Waals surface area contributed by atoms with Gasteiger partial charge in [0.05, 0.1) is 16.7 Å². The third-order valence-corrected chi connectivity index (χ3v) is 5.43. The molecular weight excluding hydrogens is 442 g/mol. The first-order valence-electron chi connectivity index (χ1n) is 10.9. The van der Waals surface area contributed by atoms with E-state index in [1.807, 2.05) is 43.3 Å². The summed E-state index contributed by atoms with van der Waals surface area (Å²) in [7, 11) is 1.57. The van der Waals surface area contributed by atoms with E-state index in [2.05, 4.69) is 30.7 Å². The predicted molar refractivity (Wildman–Crippen MR) is 132 cm³/mol. The Balaban J connectivity index is 1.53. The van der Waals surface area contributed by atoms with Crippen LogP contribution < -0.4 is 10.6 Å². The maximum Gasteiger partial charge on any atom is 0.276 e. The molecule has 0 radical (unpaired) electrons. The van der Waals surface area contributed by atoms with Crippen LogP contribution in [-0.4, -0.2) is 43.6 Å². The van der Waals surface area contributed by atoms with Gasteiger partial charge in [0.15, 0.2) is 11.5 Å². The highest BCUT2D eigenvalue weighted by Crippen LogP contribution is 2.26. The molecule has 0 fully saturated rings. The second-order valence-corrected chi connectivity index (χ2v) is 7.83. The van der Waals surface area contributed by atoms with Gasteiger partial charge in [-0.25, -0.2) is 9.67 Å². The van der Waals surface area contributed by atoms with Gasteiger partial charge >= 0.3 is 0 Å². The molecule has 0 aliphatic heterocycles. The minimum atomic E-state index is -0.383. The van der Waals surface area contributed by atoms with E-state index in [0.29, 0.717) is 22.8 Å². The summed E-state index contributed by atoms with van der Waals surface area (Å²) in [6, 6.07) is 19.7. The molecule has 2 amide bonds. The third-order valence-electron chi connectivity index (χ3n) is 5.43. The monoisotopic (exact) mass is 463 g/mol. The first kappa shape index (κ1) is 21.9. The molecule has 172 valence electrons. The number of hydrogen-bond donors (Lipinski definition) is 2. The summed E-state index contributed by atoms with van der Waals surface area (Å²) >= 11 is 0. The van der Waals surface area contributed by atoms with Crippen LogP contribution in [0.3, 0.4) is 0 Å². The Hall–Kier alpha value is -4.92. The summed E-state index contributed by atoms with van der Waals surface area (Å²) in [4.78, 5) is 38.1. The number of aromatic nitrogens is 5. The highest BCUT2D eigenvalue weighted by molar-refractivity contribution is 6.04. The van der Waals surface area contributed by atoms with E-state index in [1.165, 1.54) is 0 Å². The van der Waals surface area contributed by atoms with Crippen LogP contribution in [0.5, 0.6) is 0 Å². The van der Waals surface area contributed by atoms with Crippen LogP contribution in [0, 0.1) is 6.92 Å². The van der Waals surface area contributed by atoms with E-state index in [4.69, 9.17) is 0 Å². The molecule has 9 heteroatoms. The van der Waals surface area contributed by atoms with Gasteiger partial charge in [-0.2, -0.15) is 5.10 Å². The minimum absolute atomic E-state index is 0.197. The molecule has 0 unspecified atom stereocenters. The molecule has 0 atom stereocenters. The van der Waals surface area contributed by atoms with Crippen molar-refractivity contribution >= 4 is 28.5 Å². The van der Waals surface area contributed by atoms with Gasteiger partial charge in [0.1, 0.15) is 0 Å². The summed E-state index contributed by atoms with van der Waals surface area (Å²) in [5.74, 6) is 0.0103. The maximum absolute atomic E-state index is 13.1. The van der Waals surface area contributed by atoms with Crippen LogP contribution in [0.4, 0.5) is 5.69 Å². The van der Waals surface area contributed by atoms with Crippen LogP contribution in [0.1, 0.15) is 26.5 Å². The number of pyridine rings is 1. The molecule has 0 saturated carbocycles. The molecule has 35 heavy (non-hydrogen) atoms. The minimum Gasteiger partial charge on any atom is -0.355 e. The smallest absolute Gasteiger partial charge is 0.276 e. The first-order valence-corrected chi connectivity index (χ1v) is 10.9. The number of nitrogens with zero attached hydrogens (tertiary/aromatic N) is 5. The average Bonchev–Trinajstić information content (AvgIpc) is 3.34. The first-order chi connectivity index (χ1) is 17.0. The Morgan fingerprint density at radius 2 is 1.63 bits per heavy atom. The zero-order valence-corrected chi connectivity index (χ0v) is 19.1. The molecule has 5 aromatic rings. The number of rotatable bonds is 5. The summed E-state index contributed by atoms with van der Waals surface area (Å²) in [6.07, 6.45) is 3.28. The maximum atomic E-state index is 13.1. The molecule has 3 aromatic heterocycles. The third kappa shape index (κ3) is 4.47. The molecule has 3 heterocycles. The lowest BCUT2D eigenvalue weighted by atomic mass is 10.1. The summed E-state index contributed by atoms with van der Waals surface area (Å²) in [6.45, 7) is 1.90. The summed E-state index contributed by atoms with van der Waals surface area (Å²) in [5, 5.41) is 9.98. The van der Waals surface area contributed by atoms with Crippen LogP contribution in [0.2, 0.25) is 0 Å². The molecule has 0 saturated heterocycles. The van der Waals surface area contributed by atoms with Crippen molar-refractivity contribution in [2.24, 2.45) is 0 Å². The average molecular weight is 464 g/mol. The van der Waals surface area contributed by atoms with Gasteiger partial charge in [-0.05, 0) is 61.5 Å². The SMILES string of the molecule is CNC(=O)c1ccc(NC(=O)c2cc(-c3ccc4nccnc4c3)n(-c3cccc(C)n3)n2)cc1. The Morgan fingerprint density at radius 3 is 2.37 bits per heavy atom. The van der Waals surface area contributed by atoms with E-state index >= 15 is 0 Å². The molecule has 0 spiro atoms. The number of carbonyl (C=O) groups is 2. The fourth-order valence-electron chi connectivity index (χ4n) is 3.69. The topological polar surface area (TPSA) is 115 Å². The second-order valence-electron chi connectivity index (χ2n) is 7.83. The van der Waals surface area contributed by atoms with Crippen LogP contribution in [-0.2, 0) is 0 Å². The van der Waals surface area contributed by atoms with Gasteiger partial charge in [-0.1, -0.05) is 12.1 Å². The van der Waals surface area contributed by atoms with Crippen molar-refractivity contribution in [2.75, 3.05) is 12.4 Å². The van der Waals surface area contributed by atoms with Gasteiger partial charge in [-0.15, -0.1) is 0 Å². The number of anilines is 1. The number of aryl methyl sites for hydroxylation is 1. The number of carbonyl (C=O) groups excluding carboxylic acids is 2. The molecule has 0 aliphatic rings. The Morgan fingerprint density at radius 1 is 0.857 bits per heavy atom. The zero-order valence-electron chi connectivity index (χ0n) is 19.1. The fourth-order valence-corrected chi connectivity index (χ4v) is 3.69. The van der Waals surface area contributed by atoms with E-state index in [1.54, 1.807) is 54.5 Å². The summed E-state index contributed by atoms with van der Waals surface area (Å²) in [5.41, 5.74) is 5.12. The van der Waals surface area contributed by atoms with Crippen molar-refractivity contribution in [3.8, 4) is 17.1 Å². The molecule has 9 nitrogen and oxygen atoms in total. The molecule has 2 aromatic carbocycles. The number of fused-ring (bicyclic) bond motifs is 1. The van der Waals surface area contributed by atoms with Gasteiger partial charge in [0.25, 0.3) is 11.8 Å². The van der Waals surface area contributed by atoms with Crippen molar-refractivity contribution in [1.29, 1.82) is 0 Å². The highest BCUT2D eigenvalue weighted by Gasteiger charge is 2.18. The van der Waals surface area contributed by atoms with Crippen LogP contribution in [0.15, 0.2) is 79.1 Å². The Kier molecular flexibility index (Phi) is 5.72. The standard InChI is InChI=1S/C26H21N7O2/c1-16-4-3-5-24(30-16)33-23(18-8-11-20-21(14-18)29-13-12-28-20)15-22(32-33)26(35)31-19-9-6-17(7-10-19)25(34)27-2/h3-15H,1-2H3,(H,27,34)(H,31,35). The van der Waals surface area contributed by atoms with Gasteiger partial charge in [-0.3, -0.25) is 19.6 Å². The lowest BCUT2D eigenvalue weighted by Gasteiger charge is -2.08. The van der Waals surface area contributed by atoms with E-state index in [0.717, 1.165) is 22.3 Å².